The second kappa shape index (κ2) is 5.41. The number of hydrogen-bond donors (Lipinski definition) is 1. The molecule has 0 aliphatic heterocycles. The van der Waals surface area contributed by atoms with Crippen LogP contribution in [0.4, 0.5) is 5.69 Å². The zero-order valence-corrected chi connectivity index (χ0v) is 10.9. The van der Waals surface area contributed by atoms with Crippen LogP contribution in [0.2, 0.25) is 0 Å². The Morgan fingerprint density at radius 2 is 1.90 bits per heavy atom. The predicted molar refractivity (Wildman–Crippen MR) is 80.2 cm³/mol. The molecule has 3 aromatic rings. The summed E-state index contributed by atoms with van der Waals surface area (Å²) in [7, 11) is 0. The van der Waals surface area contributed by atoms with Gasteiger partial charge in [-0.05, 0) is 29.8 Å². The smallest absolute Gasteiger partial charge is 0.0991 e. The van der Waals surface area contributed by atoms with Gasteiger partial charge in [-0.1, -0.05) is 24.3 Å². The summed E-state index contributed by atoms with van der Waals surface area (Å²) in [6, 6.07) is 17.9. The Hall–Kier alpha value is -2.86. The van der Waals surface area contributed by atoms with Crippen molar-refractivity contribution >= 4 is 16.5 Å². The normalized spacial score (nSPS) is 10.2. The van der Waals surface area contributed by atoms with Gasteiger partial charge in [-0.15, -0.1) is 0 Å². The van der Waals surface area contributed by atoms with Crippen LogP contribution in [0.5, 0.6) is 0 Å². The Balaban J connectivity index is 1.81. The fourth-order valence-electron chi connectivity index (χ4n) is 2.17. The van der Waals surface area contributed by atoms with E-state index in [2.05, 4.69) is 28.5 Å². The first-order valence-electron chi connectivity index (χ1n) is 6.42. The van der Waals surface area contributed by atoms with Crippen molar-refractivity contribution in [1.29, 1.82) is 5.26 Å². The van der Waals surface area contributed by atoms with E-state index in [1.165, 1.54) is 0 Å². The Morgan fingerprint density at radius 3 is 2.70 bits per heavy atom. The van der Waals surface area contributed by atoms with Gasteiger partial charge in [-0.25, -0.2) is 0 Å². The SMILES string of the molecule is N#Cc1ccc(CNc2cccc3cnccc23)cc1. The summed E-state index contributed by atoms with van der Waals surface area (Å²) < 4.78 is 0. The van der Waals surface area contributed by atoms with Gasteiger partial charge in [0.15, 0.2) is 0 Å². The minimum absolute atomic E-state index is 0.685. The Morgan fingerprint density at radius 1 is 1.05 bits per heavy atom. The molecule has 3 nitrogen and oxygen atoms in total. The fourth-order valence-corrected chi connectivity index (χ4v) is 2.17. The minimum atomic E-state index is 0.685. The largest absolute Gasteiger partial charge is 0.380 e. The van der Waals surface area contributed by atoms with Crippen molar-refractivity contribution in [3.63, 3.8) is 0 Å². The highest BCUT2D eigenvalue weighted by Gasteiger charge is 2.00. The number of fused-ring (bicyclic) bond motifs is 1. The van der Waals surface area contributed by atoms with Gasteiger partial charge in [-0.3, -0.25) is 4.98 Å². The van der Waals surface area contributed by atoms with Crippen molar-refractivity contribution in [1.82, 2.24) is 4.98 Å². The van der Waals surface area contributed by atoms with Crippen LogP contribution in [-0.4, -0.2) is 4.98 Å². The van der Waals surface area contributed by atoms with Crippen LogP contribution in [0, 0.1) is 11.3 Å². The van der Waals surface area contributed by atoms with Crippen LogP contribution in [0.1, 0.15) is 11.1 Å². The Bertz CT molecular complexity index is 765. The van der Waals surface area contributed by atoms with Gasteiger partial charge in [-0.2, -0.15) is 5.26 Å². The molecule has 0 fully saturated rings. The van der Waals surface area contributed by atoms with Crippen LogP contribution in [0.25, 0.3) is 10.8 Å². The second-order valence-corrected chi connectivity index (χ2v) is 4.56. The van der Waals surface area contributed by atoms with E-state index in [9.17, 15) is 0 Å². The number of aromatic nitrogens is 1. The van der Waals surface area contributed by atoms with Gasteiger partial charge in [0.2, 0.25) is 0 Å². The molecule has 0 unspecified atom stereocenters. The van der Waals surface area contributed by atoms with E-state index in [0.29, 0.717) is 5.56 Å². The van der Waals surface area contributed by atoms with Gasteiger partial charge >= 0.3 is 0 Å². The average Bonchev–Trinajstić information content (AvgIpc) is 2.53. The van der Waals surface area contributed by atoms with Crippen molar-refractivity contribution in [3.8, 4) is 6.07 Å². The first-order valence-corrected chi connectivity index (χ1v) is 6.42. The zero-order chi connectivity index (χ0) is 13.8. The van der Waals surface area contributed by atoms with E-state index < -0.39 is 0 Å². The van der Waals surface area contributed by atoms with Crippen molar-refractivity contribution in [3.05, 3.63) is 72.1 Å². The van der Waals surface area contributed by atoms with Crippen molar-refractivity contribution < 1.29 is 0 Å². The highest BCUT2D eigenvalue weighted by Crippen LogP contribution is 2.22. The van der Waals surface area contributed by atoms with E-state index in [1.807, 2.05) is 42.6 Å². The molecule has 0 amide bonds. The quantitative estimate of drug-likeness (QED) is 0.779. The van der Waals surface area contributed by atoms with Crippen LogP contribution < -0.4 is 5.32 Å². The Labute approximate surface area is 117 Å². The van der Waals surface area contributed by atoms with Crippen LogP contribution in [0.3, 0.4) is 0 Å². The third-order valence-corrected chi connectivity index (χ3v) is 3.25. The van der Waals surface area contributed by atoms with Crippen LogP contribution in [-0.2, 0) is 6.54 Å². The molecule has 20 heavy (non-hydrogen) atoms. The first kappa shape index (κ1) is 12.2. The van der Waals surface area contributed by atoms with Gasteiger partial charge in [0.05, 0.1) is 11.6 Å². The predicted octanol–water partition coefficient (Wildman–Crippen LogP) is 3.72. The lowest BCUT2D eigenvalue weighted by Gasteiger charge is -2.09. The summed E-state index contributed by atoms with van der Waals surface area (Å²) in [5, 5.41) is 14.5. The van der Waals surface area contributed by atoms with E-state index in [4.69, 9.17) is 5.26 Å². The number of nitrogens with zero attached hydrogens (tertiary/aromatic N) is 2. The molecule has 0 aliphatic rings. The molecule has 1 aromatic heterocycles. The monoisotopic (exact) mass is 259 g/mol. The number of nitrogens with one attached hydrogen (secondary N) is 1. The average molecular weight is 259 g/mol. The van der Waals surface area contributed by atoms with Gasteiger partial charge in [0, 0.05) is 35.4 Å². The highest BCUT2D eigenvalue weighted by molar-refractivity contribution is 5.93. The summed E-state index contributed by atoms with van der Waals surface area (Å²) in [5.74, 6) is 0. The van der Waals surface area contributed by atoms with E-state index >= 15 is 0 Å². The number of nitriles is 1. The molecule has 1 heterocycles. The second-order valence-electron chi connectivity index (χ2n) is 4.56. The maximum Gasteiger partial charge on any atom is 0.0991 e. The molecule has 1 N–H and O–H groups in total. The number of pyridine rings is 1. The molecule has 0 spiro atoms. The third kappa shape index (κ3) is 2.45. The van der Waals surface area contributed by atoms with E-state index in [-0.39, 0.29) is 0 Å². The molecule has 0 saturated heterocycles. The van der Waals surface area contributed by atoms with Crippen molar-refractivity contribution in [2.75, 3.05) is 5.32 Å². The lowest BCUT2D eigenvalue weighted by Crippen LogP contribution is -1.99. The summed E-state index contributed by atoms with van der Waals surface area (Å²) in [6.07, 6.45) is 3.66. The highest BCUT2D eigenvalue weighted by atomic mass is 14.9. The summed E-state index contributed by atoms with van der Waals surface area (Å²) in [4.78, 5) is 4.13. The van der Waals surface area contributed by atoms with Crippen LogP contribution in [0.15, 0.2) is 60.9 Å². The third-order valence-electron chi connectivity index (χ3n) is 3.25. The Kier molecular flexibility index (Phi) is 3.30. The van der Waals surface area contributed by atoms with Gasteiger partial charge in [0.25, 0.3) is 0 Å². The maximum absolute atomic E-state index is 8.78. The molecular formula is C17H13N3. The van der Waals surface area contributed by atoms with Crippen molar-refractivity contribution in [2.24, 2.45) is 0 Å². The van der Waals surface area contributed by atoms with Gasteiger partial charge < -0.3 is 5.32 Å². The molecule has 2 aromatic carbocycles. The summed E-state index contributed by atoms with van der Waals surface area (Å²) >= 11 is 0. The van der Waals surface area contributed by atoms with Gasteiger partial charge in [0.1, 0.15) is 0 Å². The van der Waals surface area contributed by atoms with Crippen LogP contribution >= 0.6 is 0 Å². The molecule has 0 saturated carbocycles. The van der Waals surface area contributed by atoms with E-state index in [0.717, 1.165) is 28.6 Å². The number of hydrogen-bond acceptors (Lipinski definition) is 3. The fraction of sp³-hybridized carbons (Fsp3) is 0.0588. The lowest BCUT2D eigenvalue weighted by atomic mass is 10.1. The summed E-state index contributed by atoms with van der Waals surface area (Å²) in [5.41, 5.74) is 2.93. The van der Waals surface area contributed by atoms with E-state index in [1.54, 1.807) is 6.20 Å². The summed E-state index contributed by atoms with van der Waals surface area (Å²) in [6.45, 7) is 0.729. The molecular weight excluding hydrogens is 246 g/mol. The number of anilines is 1. The molecule has 3 heteroatoms. The lowest BCUT2D eigenvalue weighted by molar-refractivity contribution is 1.15. The first-order chi connectivity index (χ1) is 9.86. The number of rotatable bonds is 3. The number of benzene rings is 2. The molecule has 0 radical (unpaired) electrons. The molecule has 0 bridgehead atoms. The standard InChI is InChI=1S/C17H13N3/c18-10-13-4-6-14(7-5-13)11-20-17-3-1-2-15-12-19-9-8-16(15)17/h1-9,12,20H,11H2. The topological polar surface area (TPSA) is 48.7 Å². The molecule has 0 atom stereocenters. The molecule has 3 rings (SSSR count). The van der Waals surface area contributed by atoms with Crippen molar-refractivity contribution in [2.45, 2.75) is 6.54 Å². The molecule has 0 aliphatic carbocycles. The zero-order valence-electron chi connectivity index (χ0n) is 10.9. The maximum atomic E-state index is 8.78. The molecule has 96 valence electrons. The minimum Gasteiger partial charge on any atom is -0.380 e.